The van der Waals surface area contributed by atoms with Crippen molar-refractivity contribution in [1.29, 1.82) is 0 Å². The maximum atomic E-state index is 14.7. The number of aromatic amines is 1. The number of hydrogen-bond donors (Lipinski definition) is 2. The Morgan fingerprint density at radius 2 is 2.16 bits per heavy atom. The third-order valence-corrected chi connectivity index (χ3v) is 7.55. The summed E-state index contributed by atoms with van der Waals surface area (Å²) in [6.45, 7) is 4.26. The second-order valence-corrected chi connectivity index (χ2v) is 10.4. The average molecular weight is 515 g/mol. The van der Waals surface area contributed by atoms with Crippen molar-refractivity contribution < 1.29 is 13.9 Å². The fourth-order valence-corrected chi connectivity index (χ4v) is 5.78. The normalized spacial score (nSPS) is 24.0. The Labute approximate surface area is 220 Å². The van der Waals surface area contributed by atoms with Crippen molar-refractivity contribution in [3.8, 4) is 11.3 Å². The van der Waals surface area contributed by atoms with Gasteiger partial charge in [0.2, 0.25) is 0 Å². The number of likely N-dealkylation sites (tertiary alicyclic amines) is 1. The molecule has 2 N–H and O–H groups in total. The largest absolute Gasteiger partial charge is 0.501 e. The van der Waals surface area contributed by atoms with E-state index >= 15 is 0 Å². The highest BCUT2D eigenvalue weighted by molar-refractivity contribution is 6.01. The van der Waals surface area contributed by atoms with E-state index in [1.165, 1.54) is 0 Å². The van der Waals surface area contributed by atoms with Crippen molar-refractivity contribution in [2.24, 2.45) is 11.8 Å². The molecule has 8 nitrogen and oxygen atoms in total. The van der Waals surface area contributed by atoms with Crippen molar-refractivity contribution >= 4 is 22.5 Å². The molecular weight excluding hydrogens is 483 g/mol. The summed E-state index contributed by atoms with van der Waals surface area (Å²) in [5, 5.41) is 11.7. The Morgan fingerprint density at radius 3 is 3.03 bits per heavy atom. The monoisotopic (exact) mass is 514 g/mol. The summed E-state index contributed by atoms with van der Waals surface area (Å²) in [6, 6.07) is 9.51. The standard InChI is InChI=1S/C29H31FN6O2/c1-18-12-21(16-35(14-18)17-23-24(30)4-3-5-26(23)38-2)32-29(37)19-6-8-25-22(13-19)28(34-33-25)20-7-9-27-31-10-11-36(27)15-20/h3-11,13,15,18,21,23-24H,12,14,16-17H2,1-2H3,(H,32,37)(H,33,34)/t18-,21-,23?,24?/m1/s1. The van der Waals surface area contributed by atoms with Crippen molar-refractivity contribution in [3.05, 3.63) is 78.5 Å². The molecule has 38 heavy (non-hydrogen) atoms. The van der Waals surface area contributed by atoms with Crippen molar-refractivity contribution in [2.45, 2.75) is 25.6 Å². The summed E-state index contributed by atoms with van der Waals surface area (Å²) in [4.78, 5) is 19.9. The van der Waals surface area contributed by atoms with E-state index in [1.807, 2.05) is 53.2 Å². The summed E-state index contributed by atoms with van der Waals surface area (Å²) in [6.07, 6.45) is 10.6. The predicted octanol–water partition coefficient (Wildman–Crippen LogP) is 4.37. The summed E-state index contributed by atoms with van der Waals surface area (Å²) in [5.74, 6) is 0.581. The molecule has 4 heterocycles. The number of amides is 1. The van der Waals surface area contributed by atoms with Crippen LogP contribution >= 0.6 is 0 Å². The van der Waals surface area contributed by atoms with Crippen LogP contribution in [0.2, 0.25) is 0 Å². The van der Waals surface area contributed by atoms with Crippen LogP contribution in [0.15, 0.2) is 72.9 Å². The predicted molar refractivity (Wildman–Crippen MR) is 144 cm³/mol. The number of hydrogen-bond acceptors (Lipinski definition) is 5. The van der Waals surface area contributed by atoms with Crippen molar-refractivity contribution in [1.82, 2.24) is 29.8 Å². The van der Waals surface area contributed by atoms with Crippen LogP contribution in [0.5, 0.6) is 0 Å². The van der Waals surface area contributed by atoms with E-state index in [0.29, 0.717) is 30.3 Å². The van der Waals surface area contributed by atoms with Gasteiger partial charge >= 0.3 is 0 Å². The zero-order chi connectivity index (χ0) is 26.2. The average Bonchev–Trinajstić information content (AvgIpc) is 3.55. The second-order valence-electron chi connectivity index (χ2n) is 10.4. The SMILES string of the molecule is COC1=CC=CC(F)C1CN1C[C@H](C)C[C@@H](NC(=O)c2ccc3[nH]nc(-c4ccc5nccn5c4)c3c2)C1. The molecule has 9 heteroatoms. The topological polar surface area (TPSA) is 87.5 Å². The zero-order valence-electron chi connectivity index (χ0n) is 21.5. The minimum Gasteiger partial charge on any atom is -0.501 e. The van der Waals surface area contributed by atoms with Gasteiger partial charge in [-0.1, -0.05) is 13.0 Å². The summed E-state index contributed by atoms with van der Waals surface area (Å²) >= 11 is 0. The summed E-state index contributed by atoms with van der Waals surface area (Å²) in [7, 11) is 1.59. The van der Waals surface area contributed by atoms with Gasteiger partial charge in [-0.05, 0) is 54.8 Å². The molecular formula is C29H31FN6O2. The molecule has 0 spiro atoms. The van der Waals surface area contributed by atoms with Gasteiger partial charge in [-0.3, -0.25) is 9.89 Å². The number of fused-ring (bicyclic) bond motifs is 2. The van der Waals surface area contributed by atoms with E-state index in [0.717, 1.165) is 40.8 Å². The molecule has 1 aliphatic heterocycles. The number of imidazole rings is 1. The number of benzene rings is 1. The van der Waals surface area contributed by atoms with Crippen LogP contribution in [0.25, 0.3) is 27.8 Å². The molecule has 1 aromatic carbocycles. The Morgan fingerprint density at radius 1 is 1.26 bits per heavy atom. The molecule has 2 aliphatic rings. The number of ether oxygens (including phenoxy) is 1. The molecule has 0 radical (unpaired) electrons. The van der Waals surface area contributed by atoms with Crippen LogP contribution in [-0.4, -0.2) is 69.3 Å². The minimum atomic E-state index is -1.08. The molecule has 1 aliphatic carbocycles. The molecule has 196 valence electrons. The number of methoxy groups -OCH3 is 1. The minimum absolute atomic E-state index is 0.0263. The van der Waals surface area contributed by atoms with Gasteiger partial charge in [0.15, 0.2) is 0 Å². The first-order valence-corrected chi connectivity index (χ1v) is 13.0. The number of H-pyrrole nitrogens is 1. The number of piperidine rings is 1. The van der Waals surface area contributed by atoms with Crippen LogP contribution < -0.4 is 5.32 Å². The maximum Gasteiger partial charge on any atom is 0.251 e. The number of alkyl halides is 1. The van der Waals surface area contributed by atoms with E-state index in [-0.39, 0.29) is 17.9 Å². The molecule has 1 amide bonds. The van der Waals surface area contributed by atoms with E-state index in [9.17, 15) is 9.18 Å². The third-order valence-electron chi connectivity index (χ3n) is 7.55. The van der Waals surface area contributed by atoms with Gasteiger partial charge in [-0.15, -0.1) is 0 Å². The molecule has 4 atom stereocenters. The van der Waals surface area contributed by atoms with Crippen LogP contribution in [0, 0.1) is 11.8 Å². The highest BCUT2D eigenvalue weighted by atomic mass is 19.1. The second kappa shape index (κ2) is 10.1. The van der Waals surface area contributed by atoms with Gasteiger partial charge in [0.1, 0.15) is 23.3 Å². The quantitative estimate of drug-likeness (QED) is 0.399. The first kappa shape index (κ1) is 24.4. The Kier molecular flexibility index (Phi) is 6.45. The molecule has 0 bridgehead atoms. The Balaban J connectivity index is 1.18. The van der Waals surface area contributed by atoms with Crippen molar-refractivity contribution in [3.63, 3.8) is 0 Å². The number of pyridine rings is 1. The van der Waals surface area contributed by atoms with E-state index in [2.05, 4.69) is 32.3 Å². The van der Waals surface area contributed by atoms with Crippen LogP contribution in [0.4, 0.5) is 4.39 Å². The number of halogens is 1. The summed E-state index contributed by atoms with van der Waals surface area (Å²) in [5.41, 5.74) is 4.03. The molecule has 1 fully saturated rings. The Hall–Kier alpha value is -3.98. The summed E-state index contributed by atoms with van der Waals surface area (Å²) < 4.78 is 22.1. The van der Waals surface area contributed by atoms with Crippen LogP contribution in [0.1, 0.15) is 23.7 Å². The highest BCUT2D eigenvalue weighted by Crippen LogP contribution is 2.29. The molecule has 4 aromatic rings. The van der Waals surface area contributed by atoms with Gasteiger partial charge < -0.3 is 19.4 Å². The molecule has 6 rings (SSSR count). The lowest BCUT2D eigenvalue weighted by atomic mass is 9.91. The molecule has 3 aromatic heterocycles. The third kappa shape index (κ3) is 4.69. The number of carbonyl (C=O) groups is 1. The fourth-order valence-electron chi connectivity index (χ4n) is 5.78. The Bertz CT molecular complexity index is 1540. The number of allylic oxidation sites excluding steroid dienone is 3. The van der Waals surface area contributed by atoms with E-state index < -0.39 is 6.17 Å². The molecule has 0 saturated carbocycles. The lowest BCUT2D eigenvalue weighted by Gasteiger charge is -2.39. The first-order valence-electron chi connectivity index (χ1n) is 13.0. The zero-order valence-corrected chi connectivity index (χ0v) is 21.5. The highest BCUT2D eigenvalue weighted by Gasteiger charge is 2.32. The van der Waals surface area contributed by atoms with Gasteiger partial charge in [-0.25, -0.2) is 9.37 Å². The fraction of sp³-hybridized carbons (Fsp3) is 0.345. The van der Waals surface area contributed by atoms with E-state index in [1.54, 1.807) is 25.5 Å². The number of carbonyl (C=O) groups excluding carboxylic acids is 1. The smallest absolute Gasteiger partial charge is 0.251 e. The van der Waals surface area contributed by atoms with Gasteiger partial charge in [0.25, 0.3) is 5.91 Å². The van der Waals surface area contributed by atoms with Crippen molar-refractivity contribution in [2.75, 3.05) is 26.7 Å². The number of nitrogens with zero attached hydrogens (tertiary/aromatic N) is 4. The van der Waals surface area contributed by atoms with Crippen LogP contribution in [-0.2, 0) is 4.74 Å². The molecule has 1 saturated heterocycles. The lowest BCUT2D eigenvalue weighted by molar-refractivity contribution is 0.0800. The van der Waals surface area contributed by atoms with E-state index in [4.69, 9.17) is 4.74 Å². The number of aromatic nitrogens is 4. The van der Waals surface area contributed by atoms with Gasteiger partial charge in [-0.2, -0.15) is 5.10 Å². The number of rotatable bonds is 6. The number of nitrogens with one attached hydrogen (secondary N) is 2. The maximum absolute atomic E-state index is 14.7. The molecule has 2 unspecified atom stereocenters. The van der Waals surface area contributed by atoms with Gasteiger partial charge in [0.05, 0.1) is 18.5 Å². The lowest BCUT2D eigenvalue weighted by Crippen LogP contribution is -2.52. The van der Waals surface area contributed by atoms with Gasteiger partial charge in [0, 0.05) is 60.8 Å². The van der Waals surface area contributed by atoms with Crippen LogP contribution in [0.3, 0.4) is 0 Å². The first-order chi connectivity index (χ1) is 18.5.